The number of halogens is 4. The minimum Gasteiger partial charge on any atom is -0.465 e. The van der Waals surface area contributed by atoms with Gasteiger partial charge in [-0.2, -0.15) is 0 Å². The Balaban J connectivity index is 0.000000229. The van der Waals surface area contributed by atoms with E-state index in [1.165, 1.54) is 19.2 Å². The number of rotatable bonds is 12. The monoisotopic (exact) mass is 1090 g/mol. The maximum absolute atomic E-state index is 14.1. The Morgan fingerprint density at radius 3 is 1.27 bits per heavy atom. The number of likely N-dealkylation sites (tertiary alicyclic amines) is 2. The Bertz CT molecular complexity index is 3130. The van der Waals surface area contributed by atoms with Crippen molar-refractivity contribution in [1.29, 1.82) is 0 Å². The quantitative estimate of drug-likeness (QED) is 0.0720. The summed E-state index contributed by atoms with van der Waals surface area (Å²) >= 11 is 0. The van der Waals surface area contributed by atoms with E-state index in [9.17, 15) is 36.7 Å². The Morgan fingerprint density at radius 1 is 0.557 bits per heavy atom. The van der Waals surface area contributed by atoms with E-state index in [0.717, 1.165) is 53.2 Å². The van der Waals surface area contributed by atoms with Crippen LogP contribution in [0.1, 0.15) is 133 Å². The zero-order valence-electron chi connectivity index (χ0n) is 47.0. The first-order chi connectivity index (χ1) is 37.2. The second-order valence-corrected chi connectivity index (χ2v) is 22.5. The van der Waals surface area contributed by atoms with Gasteiger partial charge >= 0.3 is 18.2 Å². The third-order valence-corrected chi connectivity index (χ3v) is 13.1. The van der Waals surface area contributed by atoms with Crippen LogP contribution < -0.4 is 14.8 Å². The predicted octanol–water partition coefficient (Wildman–Crippen LogP) is 14.3. The highest BCUT2D eigenvalue weighted by atomic mass is 19.1. The second kappa shape index (κ2) is 24.1. The summed E-state index contributed by atoms with van der Waals surface area (Å²) in [6.07, 6.45) is 5.76. The summed E-state index contributed by atoms with van der Waals surface area (Å²) in [5.74, 6) is -4.30. The molecule has 2 aliphatic heterocycles. The molecule has 0 radical (unpaired) electrons. The lowest BCUT2D eigenvalue weighted by Crippen LogP contribution is -2.41. The van der Waals surface area contributed by atoms with Gasteiger partial charge in [-0.15, -0.1) is 0 Å². The first-order valence-electron chi connectivity index (χ1n) is 26.5. The van der Waals surface area contributed by atoms with Crippen LogP contribution in [0.5, 0.6) is 23.0 Å². The number of carbonyl (C=O) groups is 4. The average Bonchev–Trinajstić information content (AvgIpc) is 4.43. The molecule has 0 bridgehead atoms. The number of nitrogens with one attached hydrogen (secondary N) is 1. The molecule has 0 saturated carbocycles. The highest BCUT2D eigenvalue weighted by Crippen LogP contribution is 2.39. The van der Waals surface area contributed by atoms with E-state index < -0.39 is 57.5 Å². The Morgan fingerprint density at radius 2 is 0.924 bits per heavy atom. The summed E-state index contributed by atoms with van der Waals surface area (Å²) in [4.78, 5) is 55.3. The maximum Gasteiger partial charge on any atom is 0.410 e. The molecule has 2 saturated heterocycles. The number of benzene rings is 4. The number of hydrogen-bond donors (Lipinski definition) is 1. The number of esters is 1. The van der Waals surface area contributed by atoms with Crippen molar-refractivity contribution in [2.45, 2.75) is 131 Å². The number of para-hydroxylation sites is 2. The van der Waals surface area contributed by atoms with E-state index in [4.69, 9.17) is 23.7 Å². The third-order valence-electron chi connectivity index (χ3n) is 13.1. The molecule has 14 nitrogen and oxygen atoms in total. The number of hydrogen-bond acceptors (Lipinski definition) is 9. The molecule has 4 aromatic carbocycles. The van der Waals surface area contributed by atoms with Crippen molar-refractivity contribution in [2.24, 2.45) is 0 Å². The van der Waals surface area contributed by atoms with Gasteiger partial charge in [0.1, 0.15) is 22.7 Å². The highest BCUT2D eigenvalue weighted by Gasteiger charge is 2.36. The van der Waals surface area contributed by atoms with E-state index >= 15 is 0 Å². The number of carbonyl (C=O) groups excluding carboxylic acids is 4. The summed E-state index contributed by atoms with van der Waals surface area (Å²) in [5.41, 5.74) is 3.89. The molecule has 79 heavy (non-hydrogen) atoms. The van der Waals surface area contributed by atoms with E-state index in [1.54, 1.807) is 58.3 Å². The van der Waals surface area contributed by atoms with Gasteiger partial charge in [0.25, 0.3) is 5.91 Å². The minimum absolute atomic E-state index is 0.0287. The molecule has 2 fully saturated rings. The van der Waals surface area contributed by atoms with Crippen molar-refractivity contribution in [3.63, 3.8) is 0 Å². The van der Waals surface area contributed by atoms with Gasteiger partial charge in [-0.25, -0.2) is 31.9 Å². The number of nitrogens with zero attached hydrogens (tertiary/aromatic N) is 4. The number of amides is 3. The van der Waals surface area contributed by atoms with Crippen LogP contribution in [0.2, 0.25) is 0 Å². The molecule has 0 spiro atoms. The Labute approximate surface area is 459 Å². The lowest BCUT2D eigenvalue weighted by molar-refractivity contribution is 0.0278. The molecular weight excluding hydrogens is 1020 g/mol. The van der Waals surface area contributed by atoms with Gasteiger partial charge in [-0.3, -0.25) is 4.79 Å². The van der Waals surface area contributed by atoms with Crippen molar-refractivity contribution in [3.8, 4) is 45.3 Å². The molecule has 6 aromatic rings. The van der Waals surface area contributed by atoms with Crippen molar-refractivity contribution < 1.29 is 60.4 Å². The summed E-state index contributed by atoms with van der Waals surface area (Å²) in [6, 6.07) is 20.4. The third kappa shape index (κ3) is 14.3. The van der Waals surface area contributed by atoms with E-state index in [1.807, 2.05) is 93.1 Å². The molecule has 0 aliphatic carbocycles. The molecule has 1 N–H and O–H groups in total. The van der Waals surface area contributed by atoms with E-state index in [0.29, 0.717) is 67.7 Å². The SMILES string of the molecule is CCc1c(C(=O)NC(C)(C)C)c(-c2ccc(Oc3c(F)cccc3F)cc2)cn1[C@@H]1CCN(C(=O)OC(C)(C)C)C1.CCc1c(C(=O)OC)c(-c2ccc(Oc3c(F)cccc3F)cc2)cn1[C@@H]1CCN(C(=O)OC(C)(C)C)C1. The van der Waals surface area contributed by atoms with Crippen LogP contribution in [0.4, 0.5) is 27.2 Å². The van der Waals surface area contributed by atoms with Gasteiger partial charge in [-0.05, 0) is 148 Å². The van der Waals surface area contributed by atoms with Crippen molar-refractivity contribution in [1.82, 2.24) is 24.3 Å². The summed E-state index contributed by atoms with van der Waals surface area (Å²) in [7, 11) is 1.34. The predicted molar refractivity (Wildman–Crippen MR) is 293 cm³/mol. The minimum atomic E-state index is -0.802. The van der Waals surface area contributed by atoms with Crippen LogP contribution >= 0.6 is 0 Å². The van der Waals surface area contributed by atoms with E-state index in [-0.39, 0.29) is 41.7 Å². The molecule has 422 valence electrons. The lowest BCUT2D eigenvalue weighted by Gasteiger charge is -2.25. The topological polar surface area (TPSA) is 143 Å². The fourth-order valence-corrected chi connectivity index (χ4v) is 9.65. The molecular formula is C61H71F4N5O9. The smallest absolute Gasteiger partial charge is 0.410 e. The van der Waals surface area contributed by atoms with Gasteiger partial charge in [0.2, 0.25) is 0 Å². The van der Waals surface area contributed by atoms with E-state index in [2.05, 4.69) is 9.88 Å². The fraction of sp³-hybridized carbons (Fsp3) is 0.410. The summed E-state index contributed by atoms with van der Waals surface area (Å²) in [5, 5.41) is 3.09. The zero-order chi connectivity index (χ0) is 57.7. The second-order valence-electron chi connectivity index (χ2n) is 22.5. The van der Waals surface area contributed by atoms with Gasteiger partial charge < -0.3 is 47.9 Å². The first kappa shape index (κ1) is 58.9. The summed E-state index contributed by atoms with van der Waals surface area (Å²) < 4.78 is 87.5. The zero-order valence-corrected chi connectivity index (χ0v) is 47.0. The van der Waals surface area contributed by atoms with Crippen LogP contribution in [-0.4, -0.2) is 93.0 Å². The highest BCUT2D eigenvalue weighted by molar-refractivity contribution is 6.03. The number of ether oxygens (including phenoxy) is 5. The molecule has 4 heterocycles. The fourth-order valence-electron chi connectivity index (χ4n) is 9.65. The van der Waals surface area contributed by atoms with Crippen LogP contribution in [0.15, 0.2) is 97.3 Å². The average molecular weight is 1090 g/mol. The standard InChI is InChI=1S/C32H39F2N3O4.C29H32F2N2O5/c1-8-26-27(29(38)35-31(2,3)4)23(19-37(26)21-16-17-36(18-21)30(39)41-32(5,6)7)20-12-14-22(15-13-20)40-28-24(33)10-9-11-25(28)34;1-6-24-25(27(34)36-5)21(17-33(24)19-14-15-32(16-19)28(35)38-29(2,3)4)18-10-12-20(13-11-18)37-26-22(30)8-7-9-23(26)31/h9-15,19,21H,8,16-18H2,1-7H3,(H,35,38);7-13,17,19H,6,14-16H2,1-5H3/t21-;19-/m11/s1. The number of aromatic nitrogens is 2. The first-order valence-corrected chi connectivity index (χ1v) is 26.5. The van der Waals surface area contributed by atoms with Crippen molar-refractivity contribution in [3.05, 3.63) is 143 Å². The van der Waals surface area contributed by atoms with Crippen LogP contribution in [-0.2, 0) is 27.1 Å². The van der Waals surface area contributed by atoms with Gasteiger partial charge in [0.05, 0.1) is 30.3 Å². The lowest BCUT2D eigenvalue weighted by atomic mass is 9.99. The maximum atomic E-state index is 14.1. The van der Waals surface area contributed by atoms with Gasteiger partial charge in [-0.1, -0.05) is 50.2 Å². The van der Waals surface area contributed by atoms with Crippen molar-refractivity contribution >= 4 is 24.1 Å². The Hall–Kier alpha value is -7.76. The summed E-state index contributed by atoms with van der Waals surface area (Å²) in [6.45, 7) is 22.8. The largest absolute Gasteiger partial charge is 0.465 e. The number of methoxy groups -OCH3 is 1. The normalized spacial score (nSPS) is 15.5. The van der Waals surface area contributed by atoms with Gasteiger partial charge in [0, 0.05) is 66.6 Å². The van der Waals surface area contributed by atoms with Crippen LogP contribution in [0, 0.1) is 23.3 Å². The molecule has 2 atom stereocenters. The molecule has 2 aliphatic rings. The molecule has 0 unspecified atom stereocenters. The van der Waals surface area contributed by atoms with Crippen LogP contribution in [0.25, 0.3) is 22.3 Å². The van der Waals surface area contributed by atoms with Gasteiger partial charge in [0.15, 0.2) is 34.8 Å². The van der Waals surface area contributed by atoms with Crippen molar-refractivity contribution in [2.75, 3.05) is 33.3 Å². The molecule has 8 rings (SSSR count). The Kier molecular flexibility index (Phi) is 18.0. The molecule has 2 aromatic heterocycles. The van der Waals surface area contributed by atoms with Crippen LogP contribution in [0.3, 0.4) is 0 Å². The molecule has 18 heteroatoms. The molecule has 3 amide bonds.